The summed E-state index contributed by atoms with van der Waals surface area (Å²) in [5, 5.41) is 3.49. The monoisotopic (exact) mass is 431 g/mol. The van der Waals surface area contributed by atoms with E-state index in [-0.39, 0.29) is 12.4 Å². The predicted molar refractivity (Wildman–Crippen MR) is 119 cm³/mol. The molecule has 0 spiro atoms. The lowest BCUT2D eigenvalue weighted by Crippen LogP contribution is -2.17. The molecule has 0 saturated heterocycles. The van der Waals surface area contributed by atoms with Crippen molar-refractivity contribution in [1.82, 2.24) is 14.5 Å². The lowest BCUT2D eigenvalue weighted by molar-refractivity contribution is 0.0475. The zero-order valence-electron chi connectivity index (χ0n) is 17.3. The zero-order valence-corrected chi connectivity index (χ0v) is 18.2. The van der Waals surface area contributed by atoms with E-state index in [2.05, 4.69) is 4.98 Å². The van der Waals surface area contributed by atoms with Crippen LogP contribution in [-0.2, 0) is 17.6 Å². The first-order chi connectivity index (χ1) is 15.0. The average molecular weight is 432 g/mol. The molecular formula is C24H21N3O3S. The van der Waals surface area contributed by atoms with Gasteiger partial charge in [0.15, 0.2) is 11.7 Å². The maximum atomic E-state index is 13.1. The van der Waals surface area contributed by atoms with Gasteiger partial charge in [-0.1, -0.05) is 18.2 Å². The smallest absolute Gasteiger partial charge is 0.339 e. The summed E-state index contributed by atoms with van der Waals surface area (Å²) >= 11 is 1.51. The van der Waals surface area contributed by atoms with Gasteiger partial charge in [0, 0.05) is 39.6 Å². The minimum Gasteiger partial charge on any atom is -0.454 e. The number of Topliss-reactive ketones (excluding diaryl/α,β-unsaturated/α-hetero) is 1. The van der Waals surface area contributed by atoms with Crippen LogP contribution in [0.15, 0.2) is 41.9 Å². The molecule has 3 aromatic heterocycles. The fourth-order valence-corrected chi connectivity index (χ4v) is 5.14. The molecule has 0 bridgehead atoms. The predicted octanol–water partition coefficient (Wildman–Crippen LogP) is 4.63. The number of fused-ring (bicyclic) bond motifs is 2. The molecule has 0 fully saturated rings. The first-order valence-corrected chi connectivity index (χ1v) is 11.1. The molecule has 7 heteroatoms. The van der Waals surface area contributed by atoms with Gasteiger partial charge in [0.1, 0.15) is 0 Å². The highest BCUT2D eigenvalue weighted by molar-refractivity contribution is 7.12. The molecule has 0 N–H and O–H groups in total. The van der Waals surface area contributed by atoms with Crippen molar-refractivity contribution in [1.29, 1.82) is 0 Å². The average Bonchev–Trinajstić information content (AvgIpc) is 3.50. The van der Waals surface area contributed by atoms with Crippen molar-refractivity contribution < 1.29 is 14.3 Å². The molecule has 31 heavy (non-hydrogen) atoms. The van der Waals surface area contributed by atoms with Gasteiger partial charge in [0.25, 0.3) is 0 Å². The van der Waals surface area contributed by atoms with Gasteiger partial charge in [0.2, 0.25) is 5.78 Å². The van der Waals surface area contributed by atoms with Crippen molar-refractivity contribution in [3.63, 3.8) is 0 Å². The number of benzene rings is 1. The van der Waals surface area contributed by atoms with Crippen LogP contribution in [0.2, 0.25) is 0 Å². The number of pyridine rings is 1. The molecule has 3 heterocycles. The van der Waals surface area contributed by atoms with E-state index in [4.69, 9.17) is 9.72 Å². The van der Waals surface area contributed by atoms with Gasteiger partial charge in [-0.05, 0) is 50.8 Å². The lowest BCUT2D eigenvalue weighted by atomic mass is 10.0. The number of nitrogens with zero attached hydrogens (tertiary/aromatic N) is 3. The van der Waals surface area contributed by atoms with E-state index in [0.29, 0.717) is 11.1 Å². The van der Waals surface area contributed by atoms with Crippen LogP contribution in [-0.4, -0.2) is 32.9 Å². The van der Waals surface area contributed by atoms with Crippen LogP contribution in [0.25, 0.3) is 16.0 Å². The number of hydrogen-bond donors (Lipinski definition) is 0. The third-order valence-electron chi connectivity index (χ3n) is 5.80. The summed E-state index contributed by atoms with van der Waals surface area (Å²) in [5.74, 6) is -0.682. The van der Waals surface area contributed by atoms with Crippen molar-refractivity contribution in [2.45, 2.75) is 33.1 Å². The number of hydrogen-bond acceptors (Lipinski definition) is 6. The molecule has 0 saturated carbocycles. The lowest BCUT2D eigenvalue weighted by Gasteiger charge is -2.12. The molecule has 1 aromatic carbocycles. The van der Waals surface area contributed by atoms with Gasteiger partial charge in [-0.15, -0.1) is 11.3 Å². The quantitative estimate of drug-likeness (QED) is 0.340. The Morgan fingerprint density at radius 1 is 1.19 bits per heavy atom. The van der Waals surface area contributed by atoms with Crippen LogP contribution in [0.1, 0.15) is 49.8 Å². The Kier molecular flexibility index (Phi) is 4.90. The number of aromatic nitrogens is 3. The molecule has 4 aromatic rings. The van der Waals surface area contributed by atoms with Crippen LogP contribution < -0.4 is 0 Å². The Labute approximate surface area is 183 Å². The van der Waals surface area contributed by atoms with E-state index in [1.54, 1.807) is 6.20 Å². The van der Waals surface area contributed by atoms with Crippen molar-refractivity contribution in [3.05, 3.63) is 75.7 Å². The van der Waals surface area contributed by atoms with Gasteiger partial charge >= 0.3 is 5.97 Å². The second kappa shape index (κ2) is 7.74. The third kappa shape index (κ3) is 3.35. The molecule has 1 aliphatic rings. The Balaban J connectivity index is 1.41. The van der Waals surface area contributed by atoms with E-state index in [1.165, 1.54) is 11.3 Å². The summed E-state index contributed by atoms with van der Waals surface area (Å²) < 4.78 is 7.48. The first-order valence-electron chi connectivity index (χ1n) is 10.2. The summed E-state index contributed by atoms with van der Waals surface area (Å²) in [6.45, 7) is 3.52. The van der Waals surface area contributed by atoms with E-state index in [0.717, 1.165) is 57.9 Å². The molecular weight excluding hydrogens is 410 g/mol. The van der Waals surface area contributed by atoms with Crippen molar-refractivity contribution in [2.24, 2.45) is 0 Å². The summed E-state index contributed by atoms with van der Waals surface area (Å²) in [5.41, 5.74) is 5.52. The van der Waals surface area contributed by atoms with Crippen LogP contribution in [0.3, 0.4) is 0 Å². The van der Waals surface area contributed by atoms with Crippen molar-refractivity contribution >= 4 is 34.0 Å². The number of thiazole rings is 1. The van der Waals surface area contributed by atoms with Crippen LogP contribution in [0.4, 0.5) is 0 Å². The number of ether oxygens (including phenoxy) is 1. The molecule has 5 rings (SSSR count). The Bertz CT molecular complexity index is 1320. The molecule has 6 nitrogen and oxygen atoms in total. The van der Waals surface area contributed by atoms with E-state index in [9.17, 15) is 9.59 Å². The van der Waals surface area contributed by atoms with Crippen molar-refractivity contribution in [3.8, 4) is 5.13 Å². The molecule has 0 aliphatic heterocycles. The SMILES string of the molecule is Cc1cc(C(=O)COC(=O)c2c3c(nc4ccccc24)CCC3)c(C)n1-c1nccs1. The number of ketones is 1. The first kappa shape index (κ1) is 19.6. The van der Waals surface area contributed by atoms with Crippen LogP contribution in [0.5, 0.6) is 0 Å². The number of para-hydroxylation sites is 1. The maximum Gasteiger partial charge on any atom is 0.339 e. The third-order valence-corrected chi connectivity index (χ3v) is 6.56. The normalized spacial score (nSPS) is 12.8. The fraction of sp³-hybridized carbons (Fsp3) is 0.250. The second-order valence-corrected chi connectivity index (χ2v) is 8.59. The van der Waals surface area contributed by atoms with Gasteiger partial charge < -0.3 is 4.74 Å². The molecule has 0 radical (unpaired) electrons. The summed E-state index contributed by atoms with van der Waals surface area (Å²) in [7, 11) is 0. The van der Waals surface area contributed by atoms with Crippen molar-refractivity contribution in [2.75, 3.05) is 6.61 Å². The Hall–Kier alpha value is -3.32. The van der Waals surface area contributed by atoms with Gasteiger partial charge in [-0.2, -0.15) is 0 Å². The summed E-state index contributed by atoms with van der Waals surface area (Å²) in [6, 6.07) is 9.42. The van der Waals surface area contributed by atoms with Crippen LogP contribution in [0, 0.1) is 13.8 Å². The molecule has 0 amide bonds. The fourth-order valence-electron chi connectivity index (χ4n) is 4.39. The summed E-state index contributed by atoms with van der Waals surface area (Å²) in [6.07, 6.45) is 4.38. The van der Waals surface area contributed by atoms with Crippen LogP contribution >= 0.6 is 11.3 Å². The largest absolute Gasteiger partial charge is 0.454 e. The Morgan fingerprint density at radius 2 is 2.03 bits per heavy atom. The standard InChI is InChI=1S/C24H21N3O3S/c1-14-12-18(15(2)27(14)24-25-10-11-31-24)21(28)13-30-23(29)22-16-6-3-4-8-19(16)26-20-9-5-7-17(20)22/h3-4,6,8,10-12H,5,7,9,13H2,1-2H3. The minimum atomic E-state index is -0.459. The van der Waals surface area contributed by atoms with Gasteiger partial charge in [-0.25, -0.2) is 9.78 Å². The van der Waals surface area contributed by atoms with E-state index >= 15 is 0 Å². The molecule has 0 unspecified atom stereocenters. The zero-order chi connectivity index (χ0) is 21.5. The highest BCUT2D eigenvalue weighted by atomic mass is 32.1. The number of esters is 1. The van der Waals surface area contributed by atoms with E-state index < -0.39 is 5.97 Å². The number of rotatable bonds is 5. The highest BCUT2D eigenvalue weighted by Crippen LogP contribution is 2.30. The number of aryl methyl sites for hydroxylation is 2. The number of carbonyl (C=O) groups excluding carboxylic acids is 2. The maximum absolute atomic E-state index is 13.1. The van der Waals surface area contributed by atoms with E-state index in [1.807, 2.05) is 54.1 Å². The van der Waals surface area contributed by atoms with Gasteiger partial charge in [0.05, 0.1) is 11.1 Å². The molecule has 156 valence electrons. The minimum absolute atomic E-state index is 0.223. The highest BCUT2D eigenvalue weighted by Gasteiger charge is 2.26. The molecule has 1 aliphatic carbocycles. The molecule has 0 atom stereocenters. The Morgan fingerprint density at radius 3 is 2.84 bits per heavy atom. The summed E-state index contributed by atoms with van der Waals surface area (Å²) in [4.78, 5) is 35.0. The van der Waals surface area contributed by atoms with Gasteiger partial charge in [-0.3, -0.25) is 14.3 Å². The second-order valence-electron chi connectivity index (χ2n) is 7.72. The number of carbonyl (C=O) groups is 2. The topological polar surface area (TPSA) is 74.1 Å².